The molecule has 5 heteroatoms. The van der Waals surface area contributed by atoms with Gasteiger partial charge in [0.2, 0.25) is 0 Å². The average Bonchev–Trinajstić information content (AvgIpc) is 2.84. The van der Waals surface area contributed by atoms with E-state index in [0.29, 0.717) is 6.54 Å². The average molecular weight is 306 g/mol. The SMILES string of the molecule is C/C=C/Cn1c(SC)nc2sc3c(c2c1=O)CCCC3. The predicted octanol–water partition coefficient (Wildman–Crippen LogP) is 3.63. The Bertz CT molecular complexity index is 728. The Balaban J connectivity index is 2.27. The largest absolute Gasteiger partial charge is 0.283 e. The van der Waals surface area contributed by atoms with Crippen LogP contribution in [0.3, 0.4) is 0 Å². The monoisotopic (exact) mass is 306 g/mol. The smallest absolute Gasteiger partial charge is 0.263 e. The molecule has 0 fully saturated rings. The highest BCUT2D eigenvalue weighted by Crippen LogP contribution is 2.34. The van der Waals surface area contributed by atoms with E-state index >= 15 is 0 Å². The van der Waals surface area contributed by atoms with Crippen molar-refractivity contribution in [3.05, 3.63) is 32.9 Å². The van der Waals surface area contributed by atoms with E-state index in [0.717, 1.165) is 28.2 Å². The lowest BCUT2D eigenvalue weighted by molar-refractivity contribution is 0.668. The normalized spacial score (nSPS) is 15.1. The van der Waals surface area contributed by atoms with Crippen LogP contribution >= 0.6 is 23.1 Å². The molecule has 0 saturated heterocycles. The Kier molecular flexibility index (Phi) is 3.98. The highest BCUT2D eigenvalue weighted by Gasteiger charge is 2.21. The van der Waals surface area contributed by atoms with Crippen molar-refractivity contribution in [1.82, 2.24) is 9.55 Å². The van der Waals surface area contributed by atoms with Crippen LogP contribution in [0.4, 0.5) is 0 Å². The summed E-state index contributed by atoms with van der Waals surface area (Å²) in [5.41, 5.74) is 1.41. The van der Waals surface area contributed by atoms with Crippen LogP contribution in [0.5, 0.6) is 0 Å². The van der Waals surface area contributed by atoms with Gasteiger partial charge in [-0.1, -0.05) is 23.9 Å². The maximum atomic E-state index is 12.8. The molecular weight excluding hydrogens is 288 g/mol. The molecule has 20 heavy (non-hydrogen) atoms. The van der Waals surface area contributed by atoms with Gasteiger partial charge in [0.25, 0.3) is 5.56 Å². The number of hydrogen-bond acceptors (Lipinski definition) is 4. The van der Waals surface area contributed by atoms with Crippen molar-refractivity contribution in [2.24, 2.45) is 0 Å². The second-order valence-corrected chi connectivity index (χ2v) is 6.83. The number of hydrogen-bond donors (Lipinski definition) is 0. The fraction of sp³-hybridized carbons (Fsp3) is 0.467. The standard InChI is InChI=1S/C15H18N2OS2/c1-3-4-9-17-14(18)12-10-7-5-6-8-11(10)20-13(12)16-15(17)19-2/h3-4H,5-9H2,1-2H3/b4-3+. The molecule has 0 unspecified atom stereocenters. The third-order valence-electron chi connectivity index (χ3n) is 3.75. The number of rotatable bonds is 3. The third-order valence-corrected chi connectivity index (χ3v) is 5.61. The number of thiophene rings is 1. The summed E-state index contributed by atoms with van der Waals surface area (Å²) in [5.74, 6) is 0. The molecule has 0 aliphatic heterocycles. The van der Waals surface area contributed by atoms with Gasteiger partial charge in [0, 0.05) is 11.4 Å². The minimum atomic E-state index is 0.136. The zero-order valence-corrected chi connectivity index (χ0v) is 13.4. The number of allylic oxidation sites excluding steroid dienone is 2. The topological polar surface area (TPSA) is 34.9 Å². The van der Waals surface area contributed by atoms with Crippen molar-refractivity contribution < 1.29 is 0 Å². The highest BCUT2D eigenvalue weighted by atomic mass is 32.2. The summed E-state index contributed by atoms with van der Waals surface area (Å²) in [7, 11) is 0. The Morgan fingerprint density at radius 3 is 2.95 bits per heavy atom. The van der Waals surface area contributed by atoms with Crippen molar-refractivity contribution in [2.75, 3.05) is 6.26 Å². The molecule has 2 heterocycles. The summed E-state index contributed by atoms with van der Waals surface area (Å²) in [5, 5.41) is 1.70. The summed E-state index contributed by atoms with van der Waals surface area (Å²) in [6, 6.07) is 0. The quantitative estimate of drug-likeness (QED) is 0.493. The van der Waals surface area contributed by atoms with Gasteiger partial charge in [0.05, 0.1) is 5.39 Å². The van der Waals surface area contributed by atoms with E-state index in [1.807, 2.05) is 25.3 Å². The van der Waals surface area contributed by atoms with Crippen LogP contribution in [0.15, 0.2) is 22.1 Å². The van der Waals surface area contributed by atoms with E-state index in [2.05, 4.69) is 0 Å². The molecule has 0 spiro atoms. The van der Waals surface area contributed by atoms with E-state index < -0.39 is 0 Å². The summed E-state index contributed by atoms with van der Waals surface area (Å²) in [4.78, 5) is 19.9. The van der Waals surface area contributed by atoms with Gasteiger partial charge in [0.1, 0.15) is 4.83 Å². The van der Waals surface area contributed by atoms with E-state index in [9.17, 15) is 4.79 Å². The van der Waals surface area contributed by atoms with Crippen molar-refractivity contribution in [2.45, 2.75) is 44.3 Å². The maximum Gasteiger partial charge on any atom is 0.263 e. The number of nitrogens with zero attached hydrogens (tertiary/aromatic N) is 2. The molecule has 0 radical (unpaired) electrons. The number of aryl methyl sites for hydroxylation is 2. The first-order chi connectivity index (χ1) is 9.76. The van der Waals surface area contributed by atoms with Crippen molar-refractivity contribution in [1.29, 1.82) is 0 Å². The van der Waals surface area contributed by atoms with E-state index in [1.54, 1.807) is 27.7 Å². The van der Waals surface area contributed by atoms with Crippen LogP contribution in [0.1, 0.15) is 30.2 Å². The maximum absolute atomic E-state index is 12.8. The Labute approximate surface area is 126 Å². The van der Waals surface area contributed by atoms with Crippen LogP contribution in [0.25, 0.3) is 10.2 Å². The lowest BCUT2D eigenvalue weighted by Gasteiger charge is -2.11. The summed E-state index contributed by atoms with van der Waals surface area (Å²) >= 11 is 3.27. The molecule has 3 rings (SSSR count). The number of fused-ring (bicyclic) bond motifs is 3. The van der Waals surface area contributed by atoms with Gasteiger partial charge in [-0.3, -0.25) is 9.36 Å². The predicted molar refractivity (Wildman–Crippen MR) is 87.1 cm³/mol. The van der Waals surface area contributed by atoms with Gasteiger partial charge in [-0.15, -0.1) is 11.3 Å². The first kappa shape index (κ1) is 13.9. The van der Waals surface area contributed by atoms with E-state index in [4.69, 9.17) is 4.98 Å². The molecule has 3 nitrogen and oxygen atoms in total. The van der Waals surface area contributed by atoms with Crippen LogP contribution < -0.4 is 5.56 Å². The highest BCUT2D eigenvalue weighted by molar-refractivity contribution is 7.98. The number of aromatic nitrogens is 2. The van der Waals surface area contributed by atoms with Crippen molar-refractivity contribution in [3.8, 4) is 0 Å². The molecule has 1 aliphatic carbocycles. The van der Waals surface area contributed by atoms with Crippen molar-refractivity contribution >= 4 is 33.3 Å². The van der Waals surface area contributed by atoms with Gasteiger partial charge >= 0.3 is 0 Å². The summed E-state index contributed by atoms with van der Waals surface area (Å²) in [6.07, 6.45) is 10.5. The third kappa shape index (κ3) is 2.23. The molecule has 0 saturated carbocycles. The fourth-order valence-corrected chi connectivity index (χ4v) is 4.62. The second kappa shape index (κ2) is 5.74. The fourth-order valence-electron chi connectivity index (χ4n) is 2.75. The molecule has 0 aromatic carbocycles. The molecular formula is C15H18N2OS2. The van der Waals surface area contributed by atoms with Crippen molar-refractivity contribution in [3.63, 3.8) is 0 Å². The first-order valence-electron chi connectivity index (χ1n) is 6.96. The Morgan fingerprint density at radius 2 is 2.20 bits per heavy atom. The van der Waals surface area contributed by atoms with Crippen LogP contribution in [-0.4, -0.2) is 15.8 Å². The molecule has 106 valence electrons. The van der Waals surface area contributed by atoms with Crippen LogP contribution in [0, 0.1) is 0 Å². The minimum absolute atomic E-state index is 0.136. The molecule has 2 aromatic rings. The lowest BCUT2D eigenvalue weighted by Crippen LogP contribution is -2.23. The Morgan fingerprint density at radius 1 is 1.40 bits per heavy atom. The zero-order chi connectivity index (χ0) is 14.1. The molecule has 2 aromatic heterocycles. The lowest BCUT2D eigenvalue weighted by atomic mass is 9.97. The van der Waals surface area contributed by atoms with Gasteiger partial charge in [-0.25, -0.2) is 4.98 Å². The molecule has 1 aliphatic rings. The van der Waals surface area contributed by atoms with E-state index in [1.165, 1.54) is 23.3 Å². The van der Waals surface area contributed by atoms with Gasteiger partial charge in [-0.2, -0.15) is 0 Å². The van der Waals surface area contributed by atoms with Gasteiger partial charge in [0.15, 0.2) is 5.16 Å². The van der Waals surface area contributed by atoms with Crippen LogP contribution in [-0.2, 0) is 19.4 Å². The Hall–Kier alpha value is -1.07. The first-order valence-corrected chi connectivity index (χ1v) is 9.00. The number of thioether (sulfide) groups is 1. The van der Waals surface area contributed by atoms with E-state index in [-0.39, 0.29) is 5.56 Å². The summed E-state index contributed by atoms with van der Waals surface area (Å²) < 4.78 is 1.80. The zero-order valence-electron chi connectivity index (χ0n) is 11.8. The molecule has 0 N–H and O–H groups in total. The second-order valence-electron chi connectivity index (χ2n) is 4.97. The van der Waals surface area contributed by atoms with Gasteiger partial charge < -0.3 is 0 Å². The minimum Gasteiger partial charge on any atom is -0.283 e. The molecule has 0 atom stereocenters. The molecule has 0 amide bonds. The summed E-state index contributed by atoms with van der Waals surface area (Å²) in [6.45, 7) is 2.58. The van der Waals surface area contributed by atoms with Crippen LogP contribution in [0.2, 0.25) is 0 Å². The van der Waals surface area contributed by atoms with Gasteiger partial charge in [-0.05, 0) is 44.4 Å². The molecule has 0 bridgehead atoms.